The highest BCUT2D eigenvalue weighted by molar-refractivity contribution is 7.16. The Hall–Kier alpha value is -2.09. The number of amides is 2. The van der Waals surface area contributed by atoms with E-state index < -0.39 is 18.0 Å². The summed E-state index contributed by atoms with van der Waals surface area (Å²) >= 11 is 1.33. The maximum atomic E-state index is 12.1. The third kappa shape index (κ3) is 6.19. The number of carbonyl (C=O) groups is 3. The van der Waals surface area contributed by atoms with Crippen molar-refractivity contribution < 1.29 is 24.2 Å². The molecule has 0 spiro atoms. The van der Waals surface area contributed by atoms with Gasteiger partial charge < -0.3 is 15.2 Å². The summed E-state index contributed by atoms with van der Waals surface area (Å²) in [5, 5.41) is 14.2. The van der Waals surface area contributed by atoms with Crippen LogP contribution < -0.4 is 10.6 Å². The summed E-state index contributed by atoms with van der Waals surface area (Å²) in [5.74, 6) is -1.39. The molecule has 2 amide bonds. The van der Waals surface area contributed by atoms with Crippen molar-refractivity contribution in [3.05, 3.63) is 16.5 Å². The molecule has 0 unspecified atom stereocenters. The molecule has 1 aromatic rings. The average molecular weight is 356 g/mol. The van der Waals surface area contributed by atoms with Gasteiger partial charge in [-0.25, -0.2) is 9.59 Å². The SMILES string of the molecule is CCOC(=O)c1cc(C(C)(C)C)sc1NC(=O)NCCCC(=O)O. The molecule has 0 fully saturated rings. The number of carbonyl (C=O) groups excluding carboxylic acids is 2. The molecule has 1 rings (SSSR count). The van der Waals surface area contributed by atoms with Gasteiger partial charge in [0.25, 0.3) is 0 Å². The molecule has 134 valence electrons. The molecule has 0 aliphatic heterocycles. The second kappa shape index (κ2) is 8.68. The zero-order valence-electron chi connectivity index (χ0n) is 14.4. The van der Waals surface area contributed by atoms with Crippen LogP contribution in [0.2, 0.25) is 0 Å². The molecule has 0 radical (unpaired) electrons. The van der Waals surface area contributed by atoms with Crippen LogP contribution in [0.1, 0.15) is 55.8 Å². The van der Waals surface area contributed by atoms with Gasteiger partial charge in [-0.05, 0) is 24.8 Å². The molecular weight excluding hydrogens is 332 g/mol. The van der Waals surface area contributed by atoms with E-state index in [1.165, 1.54) is 11.3 Å². The van der Waals surface area contributed by atoms with Crippen LogP contribution in [0, 0.1) is 0 Å². The molecule has 24 heavy (non-hydrogen) atoms. The van der Waals surface area contributed by atoms with E-state index in [1.54, 1.807) is 13.0 Å². The number of aliphatic carboxylic acids is 1. The first-order chi connectivity index (χ1) is 11.1. The van der Waals surface area contributed by atoms with E-state index in [4.69, 9.17) is 9.84 Å². The highest BCUT2D eigenvalue weighted by Crippen LogP contribution is 2.36. The van der Waals surface area contributed by atoms with Gasteiger partial charge in [0.15, 0.2) is 0 Å². The van der Waals surface area contributed by atoms with Gasteiger partial charge in [0.1, 0.15) is 5.00 Å². The molecular formula is C16H24N2O5S. The molecule has 0 saturated heterocycles. The Bertz CT molecular complexity index is 604. The van der Waals surface area contributed by atoms with Gasteiger partial charge in [-0.1, -0.05) is 20.8 Å². The van der Waals surface area contributed by atoms with Crippen molar-refractivity contribution in [1.82, 2.24) is 5.32 Å². The molecule has 1 heterocycles. The minimum atomic E-state index is -0.908. The van der Waals surface area contributed by atoms with Crippen molar-refractivity contribution in [3.63, 3.8) is 0 Å². The monoisotopic (exact) mass is 356 g/mol. The van der Waals surface area contributed by atoms with Crippen molar-refractivity contribution >= 4 is 34.3 Å². The van der Waals surface area contributed by atoms with Crippen molar-refractivity contribution in [2.45, 2.75) is 46.0 Å². The summed E-state index contributed by atoms with van der Waals surface area (Å²) < 4.78 is 5.03. The van der Waals surface area contributed by atoms with Crippen molar-refractivity contribution in [2.24, 2.45) is 0 Å². The summed E-state index contributed by atoms with van der Waals surface area (Å²) in [5.41, 5.74) is 0.163. The van der Waals surface area contributed by atoms with E-state index in [-0.39, 0.29) is 25.0 Å². The largest absolute Gasteiger partial charge is 0.481 e. The number of rotatable bonds is 7. The third-order valence-corrected chi connectivity index (χ3v) is 4.52. The standard InChI is InChI=1S/C16H24N2O5S/c1-5-23-14(21)10-9-11(16(2,3)4)24-13(10)18-15(22)17-8-6-7-12(19)20/h9H,5-8H2,1-4H3,(H,19,20)(H2,17,18,22). The molecule has 0 bridgehead atoms. The normalized spacial score (nSPS) is 11.0. The number of esters is 1. The van der Waals surface area contributed by atoms with E-state index in [9.17, 15) is 14.4 Å². The molecule has 0 aliphatic carbocycles. The number of anilines is 1. The van der Waals surface area contributed by atoms with E-state index in [0.717, 1.165) is 4.88 Å². The number of urea groups is 1. The number of hydrogen-bond donors (Lipinski definition) is 3. The Balaban J connectivity index is 2.81. The molecule has 0 aliphatic rings. The second-order valence-electron chi connectivity index (χ2n) is 6.20. The maximum Gasteiger partial charge on any atom is 0.341 e. The number of carboxylic acids is 1. The Labute approximate surface area is 145 Å². The Kier molecular flexibility index (Phi) is 7.21. The Morgan fingerprint density at radius 2 is 1.96 bits per heavy atom. The van der Waals surface area contributed by atoms with Gasteiger partial charge in [-0.2, -0.15) is 0 Å². The number of nitrogens with one attached hydrogen (secondary N) is 2. The maximum absolute atomic E-state index is 12.1. The van der Waals surface area contributed by atoms with Gasteiger partial charge in [0.05, 0.1) is 12.2 Å². The summed E-state index contributed by atoms with van der Waals surface area (Å²) in [4.78, 5) is 35.4. The fraction of sp³-hybridized carbons (Fsp3) is 0.562. The molecule has 7 nitrogen and oxygen atoms in total. The highest BCUT2D eigenvalue weighted by atomic mass is 32.1. The summed E-state index contributed by atoms with van der Waals surface area (Å²) in [6.45, 7) is 8.26. The van der Waals surface area contributed by atoms with Crippen LogP contribution >= 0.6 is 11.3 Å². The predicted molar refractivity (Wildman–Crippen MR) is 92.9 cm³/mol. The number of ether oxygens (including phenoxy) is 1. The highest BCUT2D eigenvalue weighted by Gasteiger charge is 2.24. The van der Waals surface area contributed by atoms with E-state index in [2.05, 4.69) is 10.6 Å². The lowest BCUT2D eigenvalue weighted by Crippen LogP contribution is -2.30. The van der Waals surface area contributed by atoms with Gasteiger partial charge in [-0.15, -0.1) is 11.3 Å². The van der Waals surface area contributed by atoms with Gasteiger partial charge in [0.2, 0.25) is 0 Å². The predicted octanol–water partition coefficient (Wildman–Crippen LogP) is 3.21. The van der Waals surface area contributed by atoms with Crippen LogP contribution in [0.5, 0.6) is 0 Å². The zero-order chi connectivity index (χ0) is 18.3. The molecule has 1 aromatic heterocycles. The summed E-state index contributed by atoms with van der Waals surface area (Å²) in [6.07, 6.45) is 0.326. The van der Waals surface area contributed by atoms with Crippen LogP contribution in [0.3, 0.4) is 0 Å². The van der Waals surface area contributed by atoms with Crippen molar-refractivity contribution in [3.8, 4) is 0 Å². The number of hydrogen-bond acceptors (Lipinski definition) is 5. The van der Waals surface area contributed by atoms with Crippen LogP contribution in [0.4, 0.5) is 9.80 Å². The first kappa shape index (κ1) is 20.0. The van der Waals surface area contributed by atoms with Crippen LogP contribution in [-0.4, -0.2) is 36.2 Å². The number of carboxylic acid groups (broad SMARTS) is 1. The minimum Gasteiger partial charge on any atom is -0.481 e. The fourth-order valence-electron chi connectivity index (χ4n) is 1.80. The van der Waals surface area contributed by atoms with Gasteiger partial charge in [-0.3, -0.25) is 10.1 Å². The lowest BCUT2D eigenvalue weighted by molar-refractivity contribution is -0.137. The smallest absolute Gasteiger partial charge is 0.341 e. The second-order valence-corrected chi connectivity index (χ2v) is 7.25. The minimum absolute atomic E-state index is 0.0124. The van der Waals surface area contributed by atoms with E-state index in [0.29, 0.717) is 17.0 Å². The molecule has 0 saturated carbocycles. The topological polar surface area (TPSA) is 105 Å². The summed E-state index contributed by atoms with van der Waals surface area (Å²) in [7, 11) is 0. The molecule has 0 atom stereocenters. The average Bonchev–Trinajstić information content (AvgIpc) is 2.87. The Morgan fingerprint density at radius 3 is 2.50 bits per heavy atom. The van der Waals surface area contributed by atoms with Gasteiger partial charge >= 0.3 is 18.0 Å². The van der Waals surface area contributed by atoms with Crippen LogP contribution in [0.25, 0.3) is 0 Å². The van der Waals surface area contributed by atoms with Crippen molar-refractivity contribution in [1.29, 1.82) is 0 Å². The van der Waals surface area contributed by atoms with Crippen LogP contribution in [-0.2, 0) is 14.9 Å². The van der Waals surface area contributed by atoms with Gasteiger partial charge in [0, 0.05) is 17.8 Å². The lowest BCUT2D eigenvalue weighted by atomic mass is 9.94. The lowest BCUT2D eigenvalue weighted by Gasteiger charge is -2.15. The quantitative estimate of drug-likeness (QED) is 0.514. The summed E-state index contributed by atoms with van der Waals surface area (Å²) in [6, 6.07) is 1.26. The zero-order valence-corrected chi connectivity index (χ0v) is 15.2. The molecule has 8 heteroatoms. The van der Waals surface area contributed by atoms with E-state index in [1.807, 2.05) is 20.8 Å². The van der Waals surface area contributed by atoms with E-state index >= 15 is 0 Å². The first-order valence-corrected chi connectivity index (χ1v) is 8.55. The molecule has 0 aromatic carbocycles. The van der Waals surface area contributed by atoms with Crippen LogP contribution in [0.15, 0.2) is 6.07 Å². The Morgan fingerprint density at radius 1 is 1.29 bits per heavy atom. The fourth-order valence-corrected chi connectivity index (χ4v) is 2.90. The third-order valence-electron chi connectivity index (χ3n) is 3.05. The number of thiophene rings is 1. The van der Waals surface area contributed by atoms with Crippen molar-refractivity contribution in [2.75, 3.05) is 18.5 Å². The first-order valence-electron chi connectivity index (χ1n) is 7.73. The molecule has 3 N–H and O–H groups in total.